The number of benzene rings is 2. The molecule has 0 N–H and O–H groups in total. The maximum absolute atomic E-state index is 13.0. The minimum Gasteiger partial charge on any atom is -0.362 e. The molecule has 24 heavy (non-hydrogen) atoms. The van der Waals surface area contributed by atoms with Crippen molar-refractivity contribution in [3.63, 3.8) is 0 Å². The molecule has 4 atom stereocenters. The highest BCUT2D eigenvalue weighted by atomic mass is 32.2. The van der Waals surface area contributed by atoms with E-state index in [1.54, 1.807) is 0 Å². The van der Waals surface area contributed by atoms with E-state index in [1.807, 2.05) is 36.4 Å². The zero-order valence-electron chi connectivity index (χ0n) is 13.9. The zero-order chi connectivity index (χ0) is 16.6. The van der Waals surface area contributed by atoms with Crippen molar-refractivity contribution in [3.8, 4) is 0 Å². The smallest absolute Gasteiger partial charge is 0.113 e. The average molecular weight is 338 g/mol. The van der Waals surface area contributed by atoms with Crippen LogP contribution in [-0.2, 0) is 15.5 Å². The van der Waals surface area contributed by atoms with Gasteiger partial charge < -0.3 is 4.74 Å². The van der Waals surface area contributed by atoms with Crippen LogP contribution in [0.3, 0.4) is 0 Å². The van der Waals surface area contributed by atoms with Gasteiger partial charge in [-0.15, -0.1) is 0 Å². The fraction of sp³-hybridized carbons (Fsp3) is 0.333. The van der Waals surface area contributed by atoms with E-state index in [9.17, 15) is 4.21 Å². The molecule has 1 heterocycles. The Balaban J connectivity index is 1.63. The van der Waals surface area contributed by atoms with Crippen LogP contribution in [0.2, 0.25) is 0 Å². The van der Waals surface area contributed by atoms with E-state index in [4.69, 9.17) is 4.74 Å². The first-order valence-electron chi connectivity index (χ1n) is 8.56. The van der Waals surface area contributed by atoms with Crippen LogP contribution >= 0.6 is 0 Å². The molecule has 2 aromatic carbocycles. The molecule has 1 unspecified atom stereocenters. The molecule has 4 rings (SSSR count). The predicted octanol–water partition coefficient (Wildman–Crippen LogP) is 4.59. The van der Waals surface area contributed by atoms with E-state index in [2.05, 4.69) is 37.3 Å². The van der Waals surface area contributed by atoms with Gasteiger partial charge in [-0.1, -0.05) is 54.6 Å². The highest BCUT2D eigenvalue weighted by Gasteiger charge is 2.56. The summed E-state index contributed by atoms with van der Waals surface area (Å²) in [6, 6.07) is 20.2. The lowest BCUT2D eigenvalue weighted by molar-refractivity contribution is 0.316. The first-order valence-corrected chi connectivity index (χ1v) is 9.77. The van der Waals surface area contributed by atoms with Crippen molar-refractivity contribution in [2.45, 2.75) is 48.0 Å². The number of hydrogen-bond donors (Lipinski definition) is 0. The van der Waals surface area contributed by atoms with Gasteiger partial charge in [-0.3, -0.25) is 4.21 Å². The quantitative estimate of drug-likeness (QED) is 0.766. The third-order valence-electron chi connectivity index (χ3n) is 5.20. The fourth-order valence-electron chi connectivity index (χ4n) is 3.65. The summed E-state index contributed by atoms with van der Waals surface area (Å²) in [6.45, 7) is 2.18. The molecule has 0 spiro atoms. The molecule has 0 radical (unpaired) electrons. The second kappa shape index (κ2) is 6.30. The number of hydrogen-bond acceptors (Lipinski definition) is 2. The molecule has 2 aromatic rings. The standard InChI is InChI=1S/C21H22O2S/c1-21-17(14-16-8-4-2-5-9-16)15-19(12-13-20(21)23-21)24(22)18-10-6-3-7-11-18/h2-11,14,19-20H,12-13,15H2,1H3/b17-14+/t19-,20-,21+,24?/m0/s1. The first kappa shape index (κ1) is 15.8. The monoisotopic (exact) mass is 338 g/mol. The van der Waals surface area contributed by atoms with Gasteiger partial charge in [0.2, 0.25) is 0 Å². The van der Waals surface area contributed by atoms with Crippen LogP contribution in [0.4, 0.5) is 0 Å². The third-order valence-corrected chi connectivity index (χ3v) is 6.94. The van der Waals surface area contributed by atoms with E-state index in [1.165, 1.54) is 11.1 Å². The summed E-state index contributed by atoms with van der Waals surface area (Å²) >= 11 is 0. The van der Waals surface area contributed by atoms with E-state index in [0.717, 1.165) is 24.2 Å². The summed E-state index contributed by atoms with van der Waals surface area (Å²) in [4.78, 5) is 0.934. The summed E-state index contributed by atoms with van der Waals surface area (Å²) in [5.74, 6) is 0. The van der Waals surface area contributed by atoms with Gasteiger partial charge in [0, 0.05) is 10.1 Å². The van der Waals surface area contributed by atoms with Gasteiger partial charge in [-0.2, -0.15) is 0 Å². The van der Waals surface area contributed by atoms with Crippen molar-refractivity contribution in [2.75, 3.05) is 0 Å². The molecule has 1 aliphatic carbocycles. The molecular weight excluding hydrogens is 316 g/mol. The Morgan fingerprint density at radius 2 is 1.71 bits per heavy atom. The summed E-state index contributed by atoms with van der Waals surface area (Å²) in [5.41, 5.74) is 2.31. The largest absolute Gasteiger partial charge is 0.362 e. The zero-order valence-corrected chi connectivity index (χ0v) is 14.7. The minimum atomic E-state index is -0.969. The van der Waals surface area contributed by atoms with E-state index in [-0.39, 0.29) is 17.0 Å². The number of fused-ring (bicyclic) bond motifs is 1. The maximum Gasteiger partial charge on any atom is 0.113 e. The van der Waals surface area contributed by atoms with Crippen molar-refractivity contribution in [1.29, 1.82) is 0 Å². The van der Waals surface area contributed by atoms with Crippen molar-refractivity contribution >= 4 is 16.9 Å². The van der Waals surface area contributed by atoms with Gasteiger partial charge in [0.15, 0.2) is 0 Å². The Bertz CT molecular complexity index is 769. The molecule has 2 fully saturated rings. The molecular formula is C21H22O2S. The van der Waals surface area contributed by atoms with E-state index >= 15 is 0 Å². The SMILES string of the molecule is C[C@]12O[C@H]1CC[C@H](S(=O)c1ccccc1)C/C2=C\c1ccccc1. The minimum absolute atomic E-state index is 0.161. The van der Waals surface area contributed by atoms with Crippen LogP contribution in [-0.4, -0.2) is 21.2 Å². The predicted molar refractivity (Wildman–Crippen MR) is 98.2 cm³/mol. The van der Waals surface area contributed by atoms with Gasteiger partial charge >= 0.3 is 0 Å². The summed E-state index contributed by atoms with van der Waals surface area (Å²) < 4.78 is 19.0. The van der Waals surface area contributed by atoms with Crippen LogP contribution in [0.1, 0.15) is 31.7 Å². The van der Waals surface area contributed by atoms with Crippen LogP contribution in [0.5, 0.6) is 0 Å². The number of rotatable bonds is 3. The van der Waals surface area contributed by atoms with Crippen molar-refractivity contribution < 1.29 is 8.95 Å². The molecule has 0 aromatic heterocycles. The van der Waals surface area contributed by atoms with Gasteiger partial charge in [0.05, 0.1) is 16.9 Å². The third kappa shape index (κ3) is 2.99. The summed E-state index contributed by atoms with van der Waals surface area (Å²) in [7, 11) is -0.969. The second-order valence-electron chi connectivity index (χ2n) is 6.81. The van der Waals surface area contributed by atoms with Crippen molar-refractivity contribution in [3.05, 3.63) is 71.8 Å². The molecule has 3 heteroatoms. The normalized spacial score (nSPS) is 32.0. The molecule has 2 aliphatic rings. The van der Waals surface area contributed by atoms with Crippen molar-refractivity contribution in [2.24, 2.45) is 0 Å². The molecule has 0 bridgehead atoms. The summed E-state index contributed by atoms with van der Waals surface area (Å²) in [6.07, 6.45) is 5.30. The van der Waals surface area contributed by atoms with Crippen LogP contribution in [0.15, 0.2) is 71.1 Å². The lowest BCUT2D eigenvalue weighted by Crippen LogP contribution is -2.18. The molecule has 1 saturated heterocycles. The Kier molecular flexibility index (Phi) is 4.15. The van der Waals surface area contributed by atoms with E-state index < -0.39 is 10.8 Å². The Morgan fingerprint density at radius 1 is 1.04 bits per heavy atom. The highest BCUT2D eigenvalue weighted by Crippen LogP contribution is 2.50. The fourth-order valence-corrected chi connectivity index (χ4v) is 5.14. The maximum atomic E-state index is 13.0. The molecule has 1 saturated carbocycles. The lowest BCUT2D eigenvalue weighted by Gasteiger charge is -2.18. The van der Waals surface area contributed by atoms with Gasteiger partial charge in [0.25, 0.3) is 0 Å². The van der Waals surface area contributed by atoms with E-state index in [0.29, 0.717) is 0 Å². The van der Waals surface area contributed by atoms with Crippen LogP contribution in [0, 0.1) is 0 Å². The Labute approximate surface area is 146 Å². The van der Waals surface area contributed by atoms with Gasteiger partial charge in [-0.05, 0) is 49.5 Å². The van der Waals surface area contributed by atoms with Gasteiger partial charge in [-0.25, -0.2) is 0 Å². The number of ether oxygens (including phenoxy) is 1. The Morgan fingerprint density at radius 3 is 2.42 bits per heavy atom. The average Bonchev–Trinajstić information content (AvgIpc) is 3.31. The molecule has 2 nitrogen and oxygen atoms in total. The highest BCUT2D eigenvalue weighted by molar-refractivity contribution is 7.85. The summed E-state index contributed by atoms with van der Waals surface area (Å²) in [5, 5.41) is 0.163. The molecule has 1 aliphatic heterocycles. The first-order chi connectivity index (χ1) is 11.7. The van der Waals surface area contributed by atoms with Crippen molar-refractivity contribution in [1.82, 2.24) is 0 Å². The Hall–Kier alpha value is -1.71. The number of epoxide rings is 1. The molecule has 0 amide bonds. The van der Waals surface area contributed by atoms with Crippen LogP contribution < -0.4 is 0 Å². The van der Waals surface area contributed by atoms with Gasteiger partial charge in [0.1, 0.15) is 5.60 Å². The lowest BCUT2D eigenvalue weighted by atomic mass is 9.93. The second-order valence-corrected chi connectivity index (χ2v) is 8.54. The topological polar surface area (TPSA) is 29.6 Å². The van der Waals surface area contributed by atoms with Crippen LogP contribution in [0.25, 0.3) is 6.08 Å². The molecule has 124 valence electrons.